The van der Waals surface area contributed by atoms with Crippen molar-refractivity contribution < 1.29 is 17.9 Å². The molecule has 0 aliphatic rings. The van der Waals surface area contributed by atoms with Crippen molar-refractivity contribution in [1.82, 2.24) is 4.98 Å². The Labute approximate surface area is 186 Å². The molecule has 0 atom stereocenters. The van der Waals surface area contributed by atoms with E-state index in [-0.39, 0.29) is 18.1 Å². The second-order valence-electron chi connectivity index (χ2n) is 6.82. The number of amides is 1. The third kappa shape index (κ3) is 6.80. The van der Waals surface area contributed by atoms with Crippen LogP contribution in [0.2, 0.25) is 0 Å². The summed E-state index contributed by atoms with van der Waals surface area (Å²) in [5, 5.41) is 5.52. The number of carbonyl (C=O) groups excluding carboxylic acids is 1. The standard InChI is InChI=1S/C22H25N3O4S2/c1-3-13-31(27,28)25-18-9-7-17(8-10-18)23-21(26)14-19-15-30-22(24-19)16-5-11-20(12-6-16)29-4-2/h5-12,15,25H,3-4,13-14H2,1-2H3,(H,23,26). The molecule has 9 heteroatoms. The van der Waals surface area contributed by atoms with Crippen LogP contribution in [0.1, 0.15) is 26.0 Å². The summed E-state index contributed by atoms with van der Waals surface area (Å²) in [6.07, 6.45) is 0.693. The average molecular weight is 460 g/mol. The fourth-order valence-corrected chi connectivity index (χ4v) is 4.83. The van der Waals surface area contributed by atoms with Gasteiger partial charge in [-0.15, -0.1) is 11.3 Å². The number of anilines is 2. The summed E-state index contributed by atoms with van der Waals surface area (Å²) < 4.78 is 31.6. The Balaban J connectivity index is 1.56. The normalized spacial score (nSPS) is 11.2. The van der Waals surface area contributed by atoms with E-state index in [4.69, 9.17) is 4.74 Å². The summed E-state index contributed by atoms with van der Waals surface area (Å²) in [6.45, 7) is 4.36. The minimum atomic E-state index is -3.34. The first-order chi connectivity index (χ1) is 14.9. The van der Waals surface area contributed by atoms with E-state index in [0.717, 1.165) is 16.3 Å². The second kappa shape index (κ2) is 10.4. The maximum Gasteiger partial charge on any atom is 0.232 e. The van der Waals surface area contributed by atoms with Crippen LogP contribution in [0.25, 0.3) is 10.6 Å². The molecule has 0 saturated heterocycles. The number of benzene rings is 2. The number of sulfonamides is 1. The highest BCUT2D eigenvalue weighted by Gasteiger charge is 2.11. The van der Waals surface area contributed by atoms with Crippen molar-refractivity contribution in [2.45, 2.75) is 26.7 Å². The van der Waals surface area contributed by atoms with Crippen molar-refractivity contribution in [2.75, 3.05) is 22.4 Å². The van der Waals surface area contributed by atoms with Crippen molar-refractivity contribution in [3.05, 3.63) is 59.6 Å². The first kappa shape index (κ1) is 22.8. The van der Waals surface area contributed by atoms with Crippen molar-refractivity contribution >= 4 is 38.6 Å². The van der Waals surface area contributed by atoms with Gasteiger partial charge in [-0.3, -0.25) is 9.52 Å². The van der Waals surface area contributed by atoms with Gasteiger partial charge in [-0.25, -0.2) is 13.4 Å². The van der Waals surface area contributed by atoms with Crippen LogP contribution < -0.4 is 14.8 Å². The molecular formula is C22H25N3O4S2. The average Bonchev–Trinajstić information content (AvgIpc) is 3.18. The Bertz CT molecular complexity index is 1110. The Kier molecular flexibility index (Phi) is 7.64. The number of nitrogens with one attached hydrogen (secondary N) is 2. The Hall–Kier alpha value is -2.91. The number of ether oxygens (including phenoxy) is 1. The van der Waals surface area contributed by atoms with E-state index >= 15 is 0 Å². The van der Waals surface area contributed by atoms with Gasteiger partial charge in [-0.1, -0.05) is 6.92 Å². The lowest BCUT2D eigenvalue weighted by Crippen LogP contribution is -2.16. The number of hydrogen-bond acceptors (Lipinski definition) is 6. The molecule has 2 N–H and O–H groups in total. The molecule has 3 rings (SSSR count). The highest BCUT2D eigenvalue weighted by atomic mass is 32.2. The number of nitrogens with zero attached hydrogens (tertiary/aromatic N) is 1. The number of rotatable bonds is 10. The highest BCUT2D eigenvalue weighted by Crippen LogP contribution is 2.26. The molecule has 31 heavy (non-hydrogen) atoms. The molecule has 0 radical (unpaired) electrons. The molecule has 3 aromatic rings. The van der Waals surface area contributed by atoms with Crippen molar-refractivity contribution in [3.63, 3.8) is 0 Å². The lowest BCUT2D eigenvalue weighted by Gasteiger charge is -2.08. The van der Waals surface area contributed by atoms with Gasteiger partial charge < -0.3 is 10.1 Å². The van der Waals surface area contributed by atoms with Crippen molar-refractivity contribution in [2.24, 2.45) is 0 Å². The lowest BCUT2D eigenvalue weighted by molar-refractivity contribution is -0.115. The number of aromatic nitrogens is 1. The van der Waals surface area contributed by atoms with Gasteiger partial charge in [0.1, 0.15) is 10.8 Å². The van der Waals surface area contributed by atoms with Crippen LogP contribution in [0.4, 0.5) is 11.4 Å². The monoisotopic (exact) mass is 459 g/mol. The fraction of sp³-hybridized carbons (Fsp3) is 0.273. The molecule has 0 bridgehead atoms. The third-order valence-corrected chi connectivity index (χ3v) is 6.65. The van der Waals surface area contributed by atoms with Crippen LogP contribution >= 0.6 is 11.3 Å². The molecule has 7 nitrogen and oxygen atoms in total. The van der Waals surface area contributed by atoms with E-state index in [1.807, 2.05) is 36.6 Å². The van der Waals surface area contributed by atoms with Gasteiger partial charge in [-0.05, 0) is 61.9 Å². The van der Waals surface area contributed by atoms with Gasteiger partial charge in [0.15, 0.2) is 0 Å². The number of hydrogen-bond donors (Lipinski definition) is 2. The van der Waals surface area contributed by atoms with Crippen LogP contribution in [0.15, 0.2) is 53.9 Å². The Morgan fingerprint density at radius 3 is 2.35 bits per heavy atom. The van der Waals surface area contributed by atoms with E-state index in [1.165, 1.54) is 11.3 Å². The molecular weight excluding hydrogens is 434 g/mol. The molecule has 1 heterocycles. The van der Waals surface area contributed by atoms with E-state index in [1.54, 1.807) is 31.2 Å². The zero-order valence-electron chi connectivity index (χ0n) is 17.4. The Morgan fingerprint density at radius 1 is 1.03 bits per heavy atom. The quantitative estimate of drug-likeness (QED) is 0.464. The molecule has 0 aliphatic heterocycles. The van der Waals surface area contributed by atoms with Gasteiger partial charge in [-0.2, -0.15) is 0 Å². The summed E-state index contributed by atoms with van der Waals surface area (Å²) in [5.41, 5.74) is 2.72. The minimum Gasteiger partial charge on any atom is -0.494 e. The third-order valence-electron chi connectivity index (χ3n) is 4.22. The van der Waals surface area contributed by atoms with Crippen LogP contribution in [-0.4, -0.2) is 31.7 Å². The zero-order valence-corrected chi connectivity index (χ0v) is 19.1. The van der Waals surface area contributed by atoms with Crippen LogP contribution in [0.3, 0.4) is 0 Å². The first-order valence-electron chi connectivity index (χ1n) is 9.96. The Morgan fingerprint density at radius 2 is 1.71 bits per heavy atom. The summed E-state index contributed by atoms with van der Waals surface area (Å²) in [4.78, 5) is 16.9. The van der Waals surface area contributed by atoms with E-state index in [0.29, 0.717) is 30.1 Å². The van der Waals surface area contributed by atoms with Crippen LogP contribution in [0, 0.1) is 0 Å². The SMILES string of the molecule is CCCS(=O)(=O)Nc1ccc(NC(=O)Cc2csc(-c3ccc(OCC)cc3)n2)cc1. The minimum absolute atomic E-state index is 0.0672. The van der Waals surface area contributed by atoms with Crippen LogP contribution in [-0.2, 0) is 21.2 Å². The smallest absolute Gasteiger partial charge is 0.232 e. The topological polar surface area (TPSA) is 97.4 Å². The largest absolute Gasteiger partial charge is 0.494 e. The maximum atomic E-state index is 12.4. The molecule has 1 aromatic heterocycles. The molecule has 2 aromatic carbocycles. The van der Waals surface area contributed by atoms with Crippen molar-refractivity contribution in [1.29, 1.82) is 0 Å². The van der Waals surface area contributed by atoms with Gasteiger partial charge in [0.05, 0.1) is 24.5 Å². The van der Waals surface area contributed by atoms with Gasteiger partial charge >= 0.3 is 0 Å². The maximum absolute atomic E-state index is 12.4. The van der Waals surface area contributed by atoms with E-state index < -0.39 is 10.0 Å². The molecule has 0 fully saturated rings. The summed E-state index contributed by atoms with van der Waals surface area (Å²) in [7, 11) is -3.34. The highest BCUT2D eigenvalue weighted by molar-refractivity contribution is 7.92. The summed E-state index contributed by atoms with van der Waals surface area (Å²) >= 11 is 1.48. The second-order valence-corrected chi connectivity index (χ2v) is 9.52. The van der Waals surface area contributed by atoms with Gasteiger partial charge in [0.2, 0.25) is 15.9 Å². The molecule has 0 saturated carbocycles. The summed E-state index contributed by atoms with van der Waals surface area (Å²) in [6, 6.07) is 14.3. The van der Waals surface area contributed by atoms with Gasteiger partial charge in [0.25, 0.3) is 0 Å². The van der Waals surface area contributed by atoms with E-state index in [2.05, 4.69) is 15.0 Å². The molecule has 0 aliphatic carbocycles. The lowest BCUT2D eigenvalue weighted by atomic mass is 10.2. The first-order valence-corrected chi connectivity index (χ1v) is 12.5. The van der Waals surface area contributed by atoms with Crippen LogP contribution in [0.5, 0.6) is 5.75 Å². The molecule has 164 valence electrons. The van der Waals surface area contributed by atoms with Crippen molar-refractivity contribution in [3.8, 4) is 16.3 Å². The predicted molar refractivity (Wildman–Crippen MR) is 125 cm³/mol. The van der Waals surface area contributed by atoms with E-state index in [9.17, 15) is 13.2 Å². The molecule has 0 spiro atoms. The summed E-state index contributed by atoms with van der Waals surface area (Å²) in [5.74, 6) is 0.687. The van der Waals surface area contributed by atoms with Gasteiger partial charge in [0, 0.05) is 22.3 Å². The number of thiazole rings is 1. The fourth-order valence-electron chi connectivity index (χ4n) is 2.87. The number of carbonyl (C=O) groups is 1. The molecule has 0 unspecified atom stereocenters. The molecule has 1 amide bonds. The predicted octanol–water partition coefficient (Wildman–Crippen LogP) is 4.54. The zero-order chi connectivity index (χ0) is 22.3.